The zero-order valence-electron chi connectivity index (χ0n) is 20.8. The molecule has 0 unspecified atom stereocenters. The van der Waals surface area contributed by atoms with Crippen LogP contribution in [0.4, 0.5) is 11.6 Å². The highest BCUT2D eigenvalue weighted by molar-refractivity contribution is 6.03. The van der Waals surface area contributed by atoms with E-state index < -0.39 is 0 Å². The molecule has 10 heteroatoms. The molecule has 1 aliphatic heterocycles. The molecule has 5 rings (SSSR count). The van der Waals surface area contributed by atoms with E-state index in [1.54, 1.807) is 38.5 Å². The minimum atomic E-state index is -0.349. The van der Waals surface area contributed by atoms with Crippen LogP contribution in [0.25, 0.3) is 11.3 Å². The van der Waals surface area contributed by atoms with Gasteiger partial charge in [0.05, 0.1) is 19.9 Å². The number of rotatable bonds is 8. The predicted octanol–water partition coefficient (Wildman–Crippen LogP) is 3.46. The van der Waals surface area contributed by atoms with Gasteiger partial charge < -0.3 is 19.7 Å². The second-order valence-corrected chi connectivity index (χ2v) is 8.70. The van der Waals surface area contributed by atoms with Gasteiger partial charge in [0.15, 0.2) is 0 Å². The molecule has 1 amide bonds. The summed E-state index contributed by atoms with van der Waals surface area (Å²) in [5.41, 5.74) is 2.90. The Morgan fingerprint density at radius 3 is 2.54 bits per heavy atom. The highest BCUT2D eigenvalue weighted by atomic mass is 16.5. The first-order chi connectivity index (χ1) is 18.1. The summed E-state index contributed by atoms with van der Waals surface area (Å²) in [6, 6.07) is 19.4. The number of piperazine rings is 1. The molecule has 0 spiro atoms. The Morgan fingerprint density at radius 2 is 1.78 bits per heavy atom. The standard InChI is InChI=1S/C27H29N7O3/c1-36-20-8-9-24(37-2)21(14-20)22-15-23(32-31-22)27(35)30-25-16-26(29-18-28-25)34-12-10-33(11-13-34)17-19-6-4-3-5-7-19/h3-9,14-16,18H,10-13,17H2,1-2H3,(H,31,32)(H,28,29,30,35). The van der Waals surface area contributed by atoms with E-state index in [-0.39, 0.29) is 5.91 Å². The van der Waals surface area contributed by atoms with Crippen molar-refractivity contribution in [3.63, 3.8) is 0 Å². The maximum absolute atomic E-state index is 12.9. The Hall–Kier alpha value is -4.44. The smallest absolute Gasteiger partial charge is 0.274 e. The van der Waals surface area contributed by atoms with Gasteiger partial charge in [-0.3, -0.25) is 14.8 Å². The van der Waals surface area contributed by atoms with Crippen LogP contribution in [-0.2, 0) is 6.54 Å². The van der Waals surface area contributed by atoms with Crippen molar-refractivity contribution in [2.45, 2.75) is 6.54 Å². The largest absolute Gasteiger partial charge is 0.497 e. The number of nitrogens with one attached hydrogen (secondary N) is 2. The summed E-state index contributed by atoms with van der Waals surface area (Å²) in [6.07, 6.45) is 1.47. The summed E-state index contributed by atoms with van der Waals surface area (Å²) in [6.45, 7) is 4.51. The lowest BCUT2D eigenvalue weighted by Crippen LogP contribution is -2.46. The molecule has 1 aliphatic rings. The van der Waals surface area contributed by atoms with Gasteiger partial charge in [-0.25, -0.2) is 9.97 Å². The van der Waals surface area contributed by atoms with Gasteiger partial charge in [0.1, 0.15) is 35.2 Å². The Bertz CT molecular complexity index is 1350. The molecule has 3 heterocycles. The van der Waals surface area contributed by atoms with E-state index in [0.717, 1.165) is 38.5 Å². The zero-order valence-corrected chi connectivity index (χ0v) is 20.8. The van der Waals surface area contributed by atoms with Crippen LogP contribution >= 0.6 is 0 Å². The number of hydrogen-bond donors (Lipinski definition) is 2. The maximum atomic E-state index is 12.9. The van der Waals surface area contributed by atoms with E-state index in [1.165, 1.54) is 11.9 Å². The van der Waals surface area contributed by atoms with Gasteiger partial charge in [-0.2, -0.15) is 5.10 Å². The lowest BCUT2D eigenvalue weighted by Gasteiger charge is -2.35. The average Bonchev–Trinajstić information content (AvgIpc) is 3.44. The van der Waals surface area contributed by atoms with E-state index in [1.807, 2.05) is 12.1 Å². The molecule has 1 fully saturated rings. The number of nitrogens with zero attached hydrogens (tertiary/aromatic N) is 5. The maximum Gasteiger partial charge on any atom is 0.274 e. The summed E-state index contributed by atoms with van der Waals surface area (Å²) in [5.74, 6) is 2.16. The molecule has 37 heavy (non-hydrogen) atoms. The Morgan fingerprint density at radius 1 is 0.973 bits per heavy atom. The summed E-state index contributed by atoms with van der Waals surface area (Å²) >= 11 is 0. The minimum Gasteiger partial charge on any atom is -0.497 e. The first-order valence-corrected chi connectivity index (χ1v) is 12.1. The monoisotopic (exact) mass is 499 g/mol. The van der Waals surface area contributed by atoms with Crippen molar-refractivity contribution in [3.05, 3.63) is 78.2 Å². The molecule has 1 saturated heterocycles. The number of amides is 1. The number of carbonyl (C=O) groups excluding carboxylic acids is 1. The fourth-order valence-corrected chi connectivity index (χ4v) is 4.34. The third-order valence-corrected chi connectivity index (χ3v) is 6.34. The van der Waals surface area contributed by atoms with Crippen molar-refractivity contribution < 1.29 is 14.3 Å². The number of aromatic nitrogens is 4. The number of H-pyrrole nitrogens is 1. The normalized spacial score (nSPS) is 13.8. The van der Waals surface area contributed by atoms with Gasteiger partial charge in [-0.15, -0.1) is 0 Å². The lowest BCUT2D eigenvalue weighted by molar-refractivity contribution is 0.102. The van der Waals surface area contributed by atoms with E-state index in [0.29, 0.717) is 34.3 Å². The van der Waals surface area contributed by atoms with Crippen LogP contribution in [0.2, 0.25) is 0 Å². The molecular weight excluding hydrogens is 470 g/mol. The van der Waals surface area contributed by atoms with Crippen molar-refractivity contribution in [2.75, 3.05) is 50.6 Å². The Labute approximate surface area is 215 Å². The highest BCUT2D eigenvalue weighted by Crippen LogP contribution is 2.32. The molecule has 0 atom stereocenters. The number of methoxy groups -OCH3 is 2. The molecule has 2 aromatic heterocycles. The third-order valence-electron chi connectivity index (χ3n) is 6.34. The number of carbonyl (C=O) groups is 1. The van der Waals surface area contributed by atoms with E-state index in [4.69, 9.17) is 9.47 Å². The van der Waals surface area contributed by atoms with Gasteiger partial charge >= 0.3 is 0 Å². The molecule has 0 saturated carbocycles. The second-order valence-electron chi connectivity index (χ2n) is 8.70. The number of anilines is 2. The zero-order chi connectivity index (χ0) is 25.6. The van der Waals surface area contributed by atoms with Crippen molar-refractivity contribution in [1.29, 1.82) is 0 Å². The fourth-order valence-electron chi connectivity index (χ4n) is 4.34. The first kappa shape index (κ1) is 24.3. The predicted molar refractivity (Wildman–Crippen MR) is 141 cm³/mol. The summed E-state index contributed by atoms with van der Waals surface area (Å²) in [7, 11) is 3.18. The molecule has 190 valence electrons. The number of hydrogen-bond acceptors (Lipinski definition) is 8. The van der Waals surface area contributed by atoms with Gasteiger partial charge in [-0.05, 0) is 29.8 Å². The van der Waals surface area contributed by atoms with Crippen molar-refractivity contribution in [1.82, 2.24) is 25.1 Å². The SMILES string of the molecule is COc1ccc(OC)c(-c2cc(C(=O)Nc3cc(N4CCN(Cc5ccccc5)CC4)ncn3)[nH]n2)c1. The van der Waals surface area contributed by atoms with Gasteiger partial charge in [0.25, 0.3) is 5.91 Å². The molecule has 10 nitrogen and oxygen atoms in total. The quantitative estimate of drug-likeness (QED) is 0.380. The average molecular weight is 500 g/mol. The molecule has 2 aromatic carbocycles. The minimum absolute atomic E-state index is 0.301. The van der Waals surface area contributed by atoms with Crippen LogP contribution in [0.3, 0.4) is 0 Å². The summed E-state index contributed by atoms with van der Waals surface area (Å²) < 4.78 is 10.7. The summed E-state index contributed by atoms with van der Waals surface area (Å²) in [4.78, 5) is 26.2. The second kappa shape index (κ2) is 11.1. The van der Waals surface area contributed by atoms with Crippen molar-refractivity contribution >= 4 is 17.5 Å². The van der Waals surface area contributed by atoms with Gasteiger partial charge in [0.2, 0.25) is 0 Å². The van der Waals surface area contributed by atoms with Crippen LogP contribution in [0, 0.1) is 0 Å². The van der Waals surface area contributed by atoms with Gasteiger partial charge in [0, 0.05) is 44.4 Å². The van der Waals surface area contributed by atoms with E-state index >= 15 is 0 Å². The molecule has 0 bridgehead atoms. The number of aromatic amines is 1. The highest BCUT2D eigenvalue weighted by Gasteiger charge is 2.20. The van der Waals surface area contributed by atoms with Gasteiger partial charge in [-0.1, -0.05) is 30.3 Å². The third kappa shape index (κ3) is 5.70. The summed E-state index contributed by atoms with van der Waals surface area (Å²) in [5, 5.41) is 9.93. The van der Waals surface area contributed by atoms with Crippen LogP contribution in [-0.4, -0.2) is 71.4 Å². The Balaban J connectivity index is 1.22. The lowest BCUT2D eigenvalue weighted by atomic mass is 10.1. The van der Waals surface area contributed by atoms with E-state index in [9.17, 15) is 4.79 Å². The first-order valence-electron chi connectivity index (χ1n) is 12.1. The Kier molecular flexibility index (Phi) is 7.27. The van der Waals surface area contributed by atoms with Crippen LogP contribution in [0.15, 0.2) is 67.0 Å². The number of ether oxygens (including phenoxy) is 2. The molecule has 0 radical (unpaired) electrons. The van der Waals surface area contributed by atoms with E-state index in [2.05, 4.69) is 59.5 Å². The van der Waals surface area contributed by atoms with Crippen LogP contribution in [0.1, 0.15) is 16.1 Å². The van der Waals surface area contributed by atoms with Crippen molar-refractivity contribution in [2.24, 2.45) is 0 Å². The van der Waals surface area contributed by atoms with Crippen molar-refractivity contribution in [3.8, 4) is 22.8 Å². The fraction of sp³-hybridized carbons (Fsp3) is 0.259. The molecule has 0 aliphatic carbocycles. The number of benzene rings is 2. The molecule has 2 N–H and O–H groups in total. The van der Waals surface area contributed by atoms with Crippen LogP contribution < -0.4 is 19.7 Å². The topological polar surface area (TPSA) is 109 Å². The molecule has 4 aromatic rings. The van der Waals surface area contributed by atoms with Crippen LogP contribution in [0.5, 0.6) is 11.5 Å². The molecular formula is C27H29N7O3.